The van der Waals surface area contributed by atoms with Gasteiger partial charge < -0.3 is 24.3 Å². The Balaban J connectivity index is 1.42. The molecule has 1 saturated heterocycles. The highest BCUT2D eigenvalue weighted by molar-refractivity contribution is 5.96. The molecule has 0 aliphatic carbocycles. The highest BCUT2D eigenvalue weighted by Gasteiger charge is 2.18. The van der Waals surface area contributed by atoms with Crippen molar-refractivity contribution in [2.45, 2.75) is 58.2 Å². The predicted molar refractivity (Wildman–Crippen MR) is 152 cm³/mol. The topological polar surface area (TPSA) is 100 Å². The summed E-state index contributed by atoms with van der Waals surface area (Å²) in [6.45, 7) is 5.72. The Kier molecular flexibility index (Phi) is 8.45. The highest BCUT2D eigenvalue weighted by Crippen LogP contribution is 2.35. The Morgan fingerprint density at radius 2 is 1.87 bits per heavy atom. The number of aliphatic hydroxyl groups excluding tert-OH is 1. The van der Waals surface area contributed by atoms with Crippen LogP contribution in [0.5, 0.6) is 11.5 Å². The summed E-state index contributed by atoms with van der Waals surface area (Å²) in [5, 5.41) is 20.2. The number of nitrogens with zero attached hydrogens (tertiary/aromatic N) is 2. The summed E-state index contributed by atoms with van der Waals surface area (Å²) in [6.07, 6.45) is 6.04. The van der Waals surface area contributed by atoms with Crippen molar-refractivity contribution >= 4 is 11.0 Å². The molecule has 0 spiro atoms. The number of ether oxygens (including phenoxy) is 3. The largest absolute Gasteiger partial charge is 0.490 e. The fourth-order valence-electron chi connectivity index (χ4n) is 5.15. The fraction of sp³-hybridized carbons (Fsp3) is 0.375. The molecule has 4 aromatic rings. The molecular weight excluding hydrogens is 490 g/mol. The molecule has 39 heavy (non-hydrogen) atoms. The van der Waals surface area contributed by atoms with Crippen LogP contribution in [0.1, 0.15) is 50.2 Å². The monoisotopic (exact) mass is 525 g/mol. The number of nitriles is 1. The first-order valence-corrected chi connectivity index (χ1v) is 13.7. The average Bonchev–Trinajstić information content (AvgIpc) is 3.40. The summed E-state index contributed by atoms with van der Waals surface area (Å²) in [5.74, 6) is 1.46. The minimum atomic E-state index is -0.116. The van der Waals surface area contributed by atoms with Crippen LogP contribution in [0.15, 0.2) is 54.7 Å². The number of pyridine rings is 1. The molecule has 1 fully saturated rings. The van der Waals surface area contributed by atoms with E-state index in [1.165, 1.54) is 0 Å². The lowest BCUT2D eigenvalue weighted by molar-refractivity contribution is 0.0253. The number of aromatic nitrogens is 2. The van der Waals surface area contributed by atoms with Crippen LogP contribution in [-0.2, 0) is 4.74 Å². The lowest BCUT2D eigenvalue weighted by atomic mass is 10.0. The number of rotatable bonds is 10. The normalized spacial score (nSPS) is 14.7. The van der Waals surface area contributed by atoms with Gasteiger partial charge in [0.05, 0.1) is 18.8 Å². The van der Waals surface area contributed by atoms with Crippen LogP contribution in [0, 0.1) is 18.3 Å². The molecule has 2 aromatic carbocycles. The van der Waals surface area contributed by atoms with Crippen LogP contribution in [0.4, 0.5) is 0 Å². The number of hydrogen-bond acceptors (Lipinski definition) is 6. The molecule has 1 aliphatic rings. The van der Waals surface area contributed by atoms with E-state index in [1.807, 2.05) is 30.5 Å². The Hall–Kier alpha value is -3.86. The van der Waals surface area contributed by atoms with E-state index < -0.39 is 0 Å². The minimum absolute atomic E-state index is 0.0558. The maximum atomic E-state index is 9.83. The van der Waals surface area contributed by atoms with Crippen molar-refractivity contribution in [1.29, 1.82) is 5.26 Å². The van der Waals surface area contributed by atoms with Gasteiger partial charge in [0.25, 0.3) is 0 Å². The van der Waals surface area contributed by atoms with Gasteiger partial charge in [-0.05, 0) is 78.1 Å². The van der Waals surface area contributed by atoms with Crippen LogP contribution in [0.2, 0.25) is 0 Å². The van der Waals surface area contributed by atoms with E-state index in [1.54, 1.807) is 0 Å². The van der Waals surface area contributed by atoms with Gasteiger partial charge in [-0.3, -0.25) is 0 Å². The lowest BCUT2D eigenvalue weighted by Gasteiger charge is -2.24. The third kappa shape index (κ3) is 6.08. The Bertz CT molecular complexity index is 1460. The van der Waals surface area contributed by atoms with E-state index in [-0.39, 0.29) is 18.8 Å². The molecule has 0 saturated carbocycles. The number of fused-ring (bicyclic) bond motifs is 1. The summed E-state index contributed by atoms with van der Waals surface area (Å²) in [4.78, 5) is 7.99. The van der Waals surface area contributed by atoms with Crippen LogP contribution in [0.25, 0.3) is 33.4 Å². The van der Waals surface area contributed by atoms with Crippen LogP contribution < -0.4 is 9.47 Å². The summed E-state index contributed by atoms with van der Waals surface area (Å²) in [6, 6.07) is 18.3. The molecule has 202 valence electrons. The van der Waals surface area contributed by atoms with Crippen LogP contribution in [0.3, 0.4) is 0 Å². The first kappa shape index (κ1) is 26.7. The number of aromatic amines is 1. The second-order valence-corrected chi connectivity index (χ2v) is 10.1. The van der Waals surface area contributed by atoms with E-state index in [0.29, 0.717) is 17.7 Å². The maximum Gasteiger partial charge on any atom is 0.138 e. The van der Waals surface area contributed by atoms with E-state index in [4.69, 9.17) is 14.2 Å². The van der Waals surface area contributed by atoms with E-state index in [9.17, 15) is 10.4 Å². The van der Waals surface area contributed by atoms with Gasteiger partial charge >= 0.3 is 0 Å². The maximum absolute atomic E-state index is 9.83. The van der Waals surface area contributed by atoms with Gasteiger partial charge in [-0.1, -0.05) is 19.4 Å². The molecule has 1 aliphatic heterocycles. The number of nitrogens with one attached hydrogen (secondary N) is 1. The van der Waals surface area contributed by atoms with Crippen molar-refractivity contribution in [2.24, 2.45) is 0 Å². The third-order valence-electron chi connectivity index (χ3n) is 7.25. The second kappa shape index (κ2) is 12.3. The van der Waals surface area contributed by atoms with Gasteiger partial charge in [0.15, 0.2) is 0 Å². The van der Waals surface area contributed by atoms with Gasteiger partial charge in [-0.2, -0.15) is 5.26 Å². The van der Waals surface area contributed by atoms with Gasteiger partial charge in [-0.25, -0.2) is 4.98 Å². The molecule has 5 rings (SSSR count). The van der Waals surface area contributed by atoms with Gasteiger partial charge in [0, 0.05) is 43.1 Å². The first-order chi connectivity index (χ1) is 19.1. The quantitative estimate of drug-likeness (QED) is 0.243. The van der Waals surface area contributed by atoms with E-state index in [0.717, 1.165) is 83.6 Å². The smallest absolute Gasteiger partial charge is 0.138 e. The first-order valence-electron chi connectivity index (χ1n) is 13.7. The van der Waals surface area contributed by atoms with Crippen molar-refractivity contribution in [2.75, 3.05) is 19.8 Å². The molecule has 0 bridgehead atoms. The van der Waals surface area contributed by atoms with Crippen molar-refractivity contribution in [1.82, 2.24) is 9.97 Å². The molecular formula is C32H35N3O4. The number of aryl methyl sites for hydroxylation is 1. The van der Waals surface area contributed by atoms with Crippen LogP contribution >= 0.6 is 0 Å². The minimum Gasteiger partial charge on any atom is -0.490 e. The molecule has 7 nitrogen and oxygen atoms in total. The Labute approximate surface area is 229 Å². The fourth-order valence-corrected chi connectivity index (χ4v) is 5.15. The highest BCUT2D eigenvalue weighted by atomic mass is 16.5. The Morgan fingerprint density at radius 1 is 1.08 bits per heavy atom. The second-order valence-electron chi connectivity index (χ2n) is 10.1. The summed E-state index contributed by atoms with van der Waals surface area (Å²) < 4.78 is 17.8. The lowest BCUT2D eigenvalue weighted by Crippen LogP contribution is -2.26. The molecule has 7 heteroatoms. The zero-order chi connectivity index (χ0) is 27.2. The number of benzene rings is 2. The summed E-state index contributed by atoms with van der Waals surface area (Å²) in [5.41, 5.74) is 6.28. The Morgan fingerprint density at radius 3 is 2.62 bits per heavy atom. The van der Waals surface area contributed by atoms with Gasteiger partial charge in [0.1, 0.15) is 35.4 Å². The standard InChI is InChI=1S/C32H35N3O4/c1-3-4-25(10-14-36)39-31-8-6-23(18-24(31)20-33)29-19-28-27(9-13-34-32(28)35-29)22-5-7-30(21(2)17-22)38-26-11-15-37-16-12-26/h5-9,13,17-19,25-26,36H,3-4,10-12,14-16H2,1-2H3,(H,34,35). The molecule has 2 N–H and O–H groups in total. The number of aliphatic hydroxyl groups is 1. The van der Waals surface area contributed by atoms with Gasteiger partial charge in [-0.15, -0.1) is 0 Å². The van der Waals surface area contributed by atoms with Crippen molar-refractivity contribution < 1.29 is 19.3 Å². The van der Waals surface area contributed by atoms with E-state index in [2.05, 4.69) is 54.2 Å². The molecule has 3 heterocycles. The van der Waals surface area contributed by atoms with Crippen molar-refractivity contribution in [3.63, 3.8) is 0 Å². The average molecular weight is 526 g/mol. The summed E-state index contributed by atoms with van der Waals surface area (Å²) in [7, 11) is 0. The predicted octanol–water partition coefficient (Wildman–Crippen LogP) is 6.56. The third-order valence-corrected chi connectivity index (χ3v) is 7.25. The molecule has 0 radical (unpaired) electrons. The number of hydrogen-bond donors (Lipinski definition) is 2. The molecule has 2 aromatic heterocycles. The molecule has 1 atom stereocenters. The van der Waals surface area contributed by atoms with Crippen molar-refractivity contribution in [3.05, 3.63) is 65.9 Å². The zero-order valence-corrected chi connectivity index (χ0v) is 22.6. The molecule has 0 amide bonds. The summed E-state index contributed by atoms with van der Waals surface area (Å²) >= 11 is 0. The molecule has 1 unspecified atom stereocenters. The van der Waals surface area contributed by atoms with Crippen molar-refractivity contribution in [3.8, 4) is 40.0 Å². The SMILES string of the molecule is CCCC(CCO)Oc1ccc(-c2cc3c(-c4ccc(OC5CCOCC5)c(C)c4)ccnc3[nH]2)cc1C#N. The van der Waals surface area contributed by atoms with Gasteiger partial charge in [0.2, 0.25) is 0 Å². The zero-order valence-electron chi connectivity index (χ0n) is 22.6. The van der Waals surface area contributed by atoms with E-state index >= 15 is 0 Å². The van der Waals surface area contributed by atoms with Crippen LogP contribution in [-0.4, -0.2) is 47.1 Å². The number of H-pyrrole nitrogens is 1.